The summed E-state index contributed by atoms with van der Waals surface area (Å²) in [7, 11) is 0. The molecular formula is C26H23ClN2O5. The number of carboxylic acids is 1. The van der Waals surface area contributed by atoms with E-state index in [1.807, 2.05) is 36.4 Å². The van der Waals surface area contributed by atoms with Gasteiger partial charge in [0.2, 0.25) is 0 Å². The van der Waals surface area contributed by atoms with Crippen molar-refractivity contribution in [2.24, 2.45) is 0 Å². The maximum absolute atomic E-state index is 12.5. The van der Waals surface area contributed by atoms with E-state index >= 15 is 0 Å². The molecule has 7 nitrogen and oxygen atoms in total. The molecule has 0 aromatic heterocycles. The monoisotopic (exact) mass is 478 g/mol. The number of nitrogens with one attached hydrogen (secondary N) is 2. The number of fused-ring (bicyclic) bond motifs is 3. The molecule has 34 heavy (non-hydrogen) atoms. The Labute approximate surface area is 201 Å². The summed E-state index contributed by atoms with van der Waals surface area (Å²) in [4.78, 5) is 35.9. The summed E-state index contributed by atoms with van der Waals surface area (Å²) in [5.74, 6) is -1.75. The lowest BCUT2D eigenvalue weighted by atomic mass is 9.98. The van der Waals surface area contributed by atoms with Gasteiger partial charge < -0.3 is 15.2 Å². The minimum atomic E-state index is -1.12. The molecule has 8 heteroatoms. The first-order chi connectivity index (χ1) is 16.4. The molecule has 0 radical (unpaired) electrons. The van der Waals surface area contributed by atoms with E-state index < -0.39 is 24.0 Å². The SMILES string of the molecule is CC[C@@H](NC(=O)c1ccc(NC(=O)OCC2c3ccccc3-c3ccccc32)c(Cl)c1)C(=O)O. The normalized spacial score (nSPS) is 12.9. The van der Waals surface area contributed by atoms with Crippen molar-refractivity contribution >= 4 is 35.3 Å². The number of benzene rings is 3. The Morgan fingerprint density at radius 3 is 2.18 bits per heavy atom. The lowest BCUT2D eigenvalue weighted by Gasteiger charge is -2.15. The van der Waals surface area contributed by atoms with Crippen molar-refractivity contribution in [2.45, 2.75) is 25.3 Å². The number of hydrogen-bond donors (Lipinski definition) is 3. The van der Waals surface area contributed by atoms with Crippen molar-refractivity contribution in [1.29, 1.82) is 0 Å². The van der Waals surface area contributed by atoms with Gasteiger partial charge >= 0.3 is 12.1 Å². The molecule has 0 saturated carbocycles. The van der Waals surface area contributed by atoms with Gasteiger partial charge in [-0.25, -0.2) is 9.59 Å². The third-order valence-corrected chi connectivity index (χ3v) is 6.14. The Kier molecular flexibility index (Phi) is 6.84. The van der Waals surface area contributed by atoms with Crippen LogP contribution in [0.2, 0.25) is 5.02 Å². The number of amides is 2. The number of rotatable bonds is 7. The van der Waals surface area contributed by atoms with Crippen LogP contribution in [0.25, 0.3) is 11.1 Å². The molecule has 0 heterocycles. The number of hydrogen-bond acceptors (Lipinski definition) is 4. The number of ether oxygens (including phenoxy) is 1. The zero-order chi connectivity index (χ0) is 24.2. The minimum Gasteiger partial charge on any atom is -0.480 e. The zero-order valence-corrected chi connectivity index (χ0v) is 19.1. The summed E-state index contributed by atoms with van der Waals surface area (Å²) in [5, 5.41) is 14.3. The Morgan fingerprint density at radius 1 is 1.00 bits per heavy atom. The molecule has 0 fully saturated rings. The average molecular weight is 479 g/mol. The Morgan fingerprint density at radius 2 is 1.62 bits per heavy atom. The fraction of sp³-hybridized carbons (Fsp3) is 0.192. The van der Waals surface area contributed by atoms with Crippen LogP contribution in [0.15, 0.2) is 66.7 Å². The number of aliphatic carboxylic acids is 1. The van der Waals surface area contributed by atoms with E-state index in [1.165, 1.54) is 18.2 Å². The molecule has 0 bridgehead atoms. The van der Waals surface area contributed by atoms with Crippen LogP contribution in [0.4, 0.5) is 10.5 Å². The van der Waals surface area contributed by atoms with Crippen molar-refractivity contribution in [2.75, 3.05) is 11.9 Å². The third-order valence-electron chi connectivity index (χ3n) is 5.82. The second-order valence-electron chi connectivity index (χ2n) is 7.92. The van der Waals surface area contributed by atoms with Crippen LogP contribution in [0.5, 0.6) is 0 Å². The van der Waals surface area contributed by atoms with Gasteiger partial charge in [-0.1, -0.05) is 67.1 Å². The zero-order valence-electron chi connectivity index (χ0n) is 18.4. The molecule has 1 aliphatic rings. The smallest absolute Gasteiger partial charge is 0.411 e. The molecule has 0 unspecified atom stereocenters. The fourth-order valence-electron chi connectivity index (χ4n) is 4.08. The van der Waals surface area contributed by atoms with Crippen molar-refractivity contribution in [3.8, 4) is 11.1 Å². The van der Waals surface area contributed by atoms with Gasteiger partial charge in [-0.05, 0) is 46.9 Å². The van der Waals surface area contributed by atoms with Gasteiger partial charge in [-0.3, -0.25) is 10.1 Å². The largest absolute Gasteiger partial charge is 0.480 e. The van der Waals surface area contributed by atoms with E-state index in [9.17, 15) is 14.4 Å². The molecule has 3 aromatic rings. The summed E-state index contributed by atoms with van der Waals surface area (Å²) in [6, 6.07) is 19.4. The first-order valence-corrected chi connectivity index (χ1v) is 11.2. The fourth-order valence-corrected chi connectivity index (χ4v) is 4.31. The standard InChI is InChI=1S/C26H23ClN2O5/c1-2-22(25(31)32)28-24(30)15-11-12-23(21(27)13-15)29-26(33)34-14-20-18-9-5-3-7-16(18)17-8-4-6-10-19(17)20/h3-13,20,22H,2,14H2,1H3,(H,28,30)(H,29,33)(H,31,32)/t22-/m1/s1. The molecule has 0 spiro atoms. The van der Waals surface area contributed by atoms with Crippen LogP contribution in [0.1, 0.15) is 40.7 Å². The van der Waals surface area contributed by atoms with Gasteiger partial charge in [-0.15, -0.1) is 0 Å². The van der Waals surface area contributed by atoms with Crippen molar-refractivity contribution in [3.05, 3.63) is 88.4 Å². The van der Waals surface area contributed by atoms with Crippen LogP contribution in [-0.4, -0.2) is 35.7 Å². The summed E-state index contributed by atoms with van der Waals surface area (Å²) >= 11 is 6.25. The maximum Gasteiger partial charge on any atom is 0.411 e. The third kappa shape index (κ3) is 4.75. The summed E-state index contributed by atoms with van der Waals surface area (Å²) < 4.78 is 5.52. The lowest BCUT2D eigenvalue weighted by molar-refractivity contribution is -0.139. The van der Waals surface area contributed by atoms with Gasteiger partial charge in [0, 0.05) is 11.5 Å². The van der Waals surface area contributed by atoms with Gasteiger partial charge in [0.15, 0.2) is 0 Å². The Balaban J connectivity index is 1.40. The predicted octanol–water partition coefficient (Wildman–Crippen LogP) is 5.29. The summed E-state index contributed by atoms with van der Waals surface area (Å²) in [6.45, 7) is 1.82. The molecule has 4 rings (SSSR count). The highest BCUT2D eigenvalue weighted by molar-refractivity contribution is 6.34. The molecule has 1 aliphatic carbocycles. The molecule has 1 atom stereocenters. The lowest BCUT2D eigenvalue weighted by Crippen LogP contribution is -2.40. The molecule has 0 saturated heterocycles. The highest BCUT2D eigenvalue weighted by atomic mass is 35.5. The molecule has 174 valence electrons. The molecule has 0 aliphatic heterocycles. The number of carboxylic acid groups (broad SMARTS) is 1. The molecule has 3 aromatic carbocycles. The van der Waals surface area contributed by atoms with E-state index in [-0.39, 0.29) is 35.2 Å². The average Bonchev–Trinajstić information content (AvgIpc) is 3.16. The van der Waals surface area contributed by atoms with Crippen LogP contribution in [0.3, 0.4) is 0 Å². The second-order valence-corrected chi connectivity index (χ2v) is 8.32. The molecule has 2 amide bonds. The van der Waals surface area contributed by atoms with Gasteiger partial charge in [0.1, 0.15) is 12.6 Å². The van der Waals surface area contributed by atoms with E-state index in [0.29, 0.717) is 0 Å². The van der Waals surface area contributed by atoms with Crippen LogP contribution < -0.4 is 10.6 Å². The minimum absolute atomic E-state index is 0.0690. The predicted molar refractivity (Wildman–Crippen MR) is 129 cm³/mol. The topological polar surface area (TPSA) is 105 Å². The quantitative estimate of drug-likeness (QED) is 0.427. The van der Waals surface area contributed by atoms with E-state index in [4.69, 9.17) is 21.4 Å². The van der Waals surface area contributed by atoms with Crippen molar-refractivity contribution in [1.82, 2.24) is 5.32 Å². The van der Waals surface area contributed by atoms with Crippen molar-refractivity contribution < 1.29 is 24.2 Å². The number of halogens is 1. The first-order valence-electron chi connectivity index (χ1n) is 10.8. The molecule has 3 N–H and O–H groups in total. The first kappa shape index (κ1) is 23.3. The van der Waals surface area contributed by atoms with E-state index in [1.54, 1.807) is 6.92 Å². The van der Waals surface area contributed by atoms with Gasteiger partial charge in [0.25, 0.3) is 5.91 Å². The van der Waals surface area contributed by atoms with Gasteiger partial charge in [0.05, 0.1) is 10.7 Å². The van der Waals surface area contributed by atoms with E-state index in [2.05, 4.69) is 22.8 Å². The second kappa shape index (κ2) is 9.97. The van der Waals surface area contributed by atoms with Crippen LogP contribution in [-0.2, 0) is 9.53 Å². The summed E-state index contributed by atoms with van der Waals surface area (Å²) in [6.07, 6.45) is -0.422. The van der Waals surface area contributed by atoms with Crippen molar-refractivity contribution in [3.63, 3.8) is 0 Å². The van der Waals surface area contributed by atoms with Crippen LogP contribution >= 0.6 is 11.6 Å². The summed E-state index contributed by atoms with van der Waals surface area (Å²) in [5.41, 5.74) is 4.95. The highest BCUT2D eigenvalue weighted by Crippen LogP contribution is 2.44. The maximum atomic E-state index is 12.5. The Hall–Kier alpha value is -3.84. The van der Waals surface area contributed by atoms with E-state index in [0.717, 1.165) is 22.3 Å². The van der Waals surface area contributed by atoms with Crippen LogP contribution in [0, 0.1) is 0 Å². The Bertz CT molecular complexity index is 1210. The number of carbonyl (C=O) groups is 3. The highest BCUT2D eigenvalue weighted by Gasteiger charge is 2.29. The van der Waals surface area contributed by atoms with Gasteiger partial charge in [-0.2, -0.15) is 0 Å². The number of carbonyl (C=O) groups excluding carboxylic acids is 2. The number of anilines is 1. The molecular weight excluding hydrogens is 456 g/mol.